The third-order valence-corrected chi connectivity index (χ3v) is 4.36. The van der Waals surface area contributed by atoms with E-state index in [1.807, 2.05) is 13.8 Å². The molecule has 19 heavy (non-hydrogen) atoms. The molecule has 1 aromatic rings. The Balaban J connectivity index is 0.00000133. The maximum Gasteiger partial charge on any atom is 0.273 e. The van der Waals surface area contributed by atoms with Crippen molar-refractivity contribution in [2.75, 3.05) is 19.6 Å². The maximum absolute atomic E-state index is 6.25. The topological polar surface area (TPSA) is 38.5 Å². The van der Waals surface area contributed by atoms with Crippen molar-refractivity contribution in [3.05, 3.63) is 10.8 Å². The van der Waals surface area contributed by atoms with Crippen LogP contribution in [0.15, 0.2) is 4.52 Å². The molecule has 6 heteroatoms. The van der Waals surface area contributed by atoms with Crippen LogP contribution in [0.25, 0.3) is 0 Å². The van der Waals surface area contributed by atoms with E-state index in [-0.39, 0.29) is 24.4 Å². The third kappa shape index (κ3) is 2.86. The zero-order valence-corrected chi connectivity index (χ0v) is 12.8. The summed E-state index contributed by atoms with van der Waals surface area (Å²) in [5.41, 5.74) is 0. The number of ether oxygens (including phenoxy) is 1. The van der Waals surface area contributed by atoms with Crippen LogP contribution in [0.5, 0.6) is 5.88 Å². The fraction of sp³-hybridized carbons (Fsp3) is 0.769. The molecule has 3 aliphatic heterocycles. The van der Waals surface area contributed by atoms with E-state index in [4.69, 9.17) is 20.9 Å². The van der Waals surface area contributed by atoms with Gasteiger partial charge in [-0.2, -0.15) is 0 Å². The summed E-state index contributed by atoms with van der Waals surface area (Å²) in [6, 6.07) is 0. The Bertz CT molecular complexity index is 428. The fourth-order valence-corrected chi connectivity index (χ4v) is 3.23. The van der Waals surface area contributed by atoms with Gasteiger partial charge in [-0.05, 0) is 37.0 Å². The van der Waals surface area contributed by atoms with Crippen molar-refractivity contribution in [3.8, 4) is 5.88 Å². The quantitative estimate of drug-likeness (QED) is 0.858. The molecule has 0 aromatic carbocycles. The summed E-state index contributed by atoms with van der Waals surface area (Å²) in [6.45, 7) is 7.46. The van der Waals surface area contributed by atoms with Gasteiger partial charge in [0.15, 0.2) is 5.76 Å². The van der Waals surface area contributed by atoms with Crippen LogP contribution in [0, 0.1) is 5.92 Å². The number of hydrogen-bond acceptors (Lipinski definition) is 4. The lowest BCUT2D eigenvalue weighted by Gasteiger charge is -2.43. The minimum Gasteiger partial charge on any atom is -0.469 e. The van der Waals surface area contributed by atoms with Crippen LogP contribution in [0.2, 0.25) is 5.02 Å². The highest BCUT2D eigenvalue weighted by Crippen LogP contribution is 2.36. The van der Waals surface area contributed by atoms with Crippen molar-refractivity contribution in [2.45, 2.75) is 38.7 Å². The summed E-state index contributed by atoms with van der Waals surface area (Å²) in [7, 11) is 0. The van der Waals surface area contributed by atoms with Gasteiger partial charge in [0.05, 0.1) is 0 Å². The van der Waals surface area contributed by atoms with Crippen molar-refractivity contribution in [1.29, 1.82) is 0 Å². The van der Waals surface area contributed by atoms with Gasteiger partial charge in [-0.25, -0.2) is 0 Å². The number of aromatic nitrogens is 1. The van der Waals surface area contributed by atoms with Gasteiger partial charge in [0.2, 0.25) is 0 Å². The highest BCUT2D eigenvalue weighted by Gasteiger charge is 2.36. The van der Waals surface area contributed by atoms with E-state index >= 15 is 0 Å². The first-order chi connectivity index (χ1) is 8.65. The van der Waals surface area contributed by atoms with E-state index in [0.29, 0.717) is 22.6 Å². The number of nitrogens with zero attached hydrogens (tertiary/aromatic N) is 2. The van der Waals surface area contributed by atoms with E-state index in [1.54, 1.807) is 0 Å². The van der Waals surface area contributed by atoms with Gasteiger partial charge in [-0.15, -0.1) is 12.4 Å². The van der Waals surface area contributed by atoms with Gasteiger partial charge in [0.25, 0.3) is 5.88 Å². The number of hydrogen-bond donors (Lipinski definition) is 0. The Morgan fingerprint density at radius 1 is 1.37 bits per heavy atom. The highest BCUT2D eigenvalue weighted by atomic mass is 35.5. The lowest BCUT2D eigenvalue weighted by Crippen LogP contribution is -2.52. The molecule has 0 aliphatic carbocycles. The zero-order chi connectivity index (χ0) is 12.7. The molecular formula is C13H20Cl2N2O2. The standard InChI is InChI=1S/C13H19ClN2O2.ClH/c1-8(2)12-11(14)13(15-18-12)17-10-7-16-5-3-9(10)4-6-16;/h8-10H,3-7H2,1-2H3;1H. The van der Waals surface area contributed by atoms with Crippen LogP contribution < -0.4 is 4.74 Å². The normalized spacial score (nSPS) is 29.4. The van der Waals surface area contributed by atoms with Gasteiger partial charge >= 0.3 is 0 Å². The van der Waals surface area contributed by atoms with Crippen LogP contribution in [0.1, 0.15) is 38.4 Å². The Kier molecular flexibility index (Phi) is 4.64. The SMILES string of the molecule is CC(C)c1onc(OC2CN3CCC2CC3)c1Cl.Cl. The van der Waals surface area contributed by atoms with Crippen molar-refractivity contribution in [3.63, 3.8) is 0 Å². The van der Waals surface area contributed by atoms with Crippen LogP contribution in [-0.4, -0.2) is 35.8 Å². The van der Waals surface area contributed by atoms with Gasteiger partial charge in [0, 0.05) is 12.5 Å². The molecule has 1 aromatic heterocycles. The summed E-state index contributed by atoms with van der Waals surface area (Å²) in [5.74, 6) is 2.06. The maximum atomic E-state index is 6.25. The average Bonchev–Trinajstić information content (AvgIpc) is 2.73. The van der Waals surface area contributed by atoms with Gasteiger partial charge in [-0.1, -0.05) is 25.4 Å². The molecule has 0 saturated carbocycles. The highest BCUT2D eigenvalue weighted by molar-refractivity contribution is 6.32. The summed E-state index contributed by atoms with van der Waals surface area (Å²) in [4.78, 5) is 2.45. The van der Waals surface area contributed by atoms with Crippen LogP contribution in [0.3, 0.4) is 0 Å². The average molecular weight is 307 g/mol. The monoisotopic (exact) mass is 306 g/mol. The molecular weight excluding hydrogens is 287 g/mol. The van der Waals surface area contributed by atoms with Gasteiger partial charge < -0.3 is 9.26 Å². The van der Waals surface area contributed by atoms with Crippen molar-refractivity contribution in [2.24, 2.45) is 5.92 Å². The predicted octanol–water partition coefficient (Wildman–Crippen LogP) is 3.35. The Morgan fingerprint density at radius 2 is 2.05 bits per heavy atom. The molecule has 4 heterocycles. The molecule has 3 saturated heterocycles. The van der Waals surface area contributed by atoms with Crippen LogP contribution >= 0.6 is 24.0 Å². The largest absolute Gasteiger partial charge is 0.469 e. The molecule has 0 amide bonds. The van der Waals surface area contributed by atoms with E-state index in [0.717, 1.165) is 6.54 Å². The summed E-state index contributed by atoms with van der Waals surface area (Å²) in [6.07, 6.45) is 2.66. The van der Waals surface area contributed by atoms with Crippen LogP contribution in [0.4, 0.5) is 0 Å². The lowest BCUT2D eigenvalue weighted by molar-refractivity contribution is -0.0113. The number of piperidine rings is 3. The number of halogens is 2. The van der Waals surface area contributed by atoms with Crippen LogP contribution in [-0.2, 0) is 0 Å². The van der Waals surface area contributed by atoms with E-state index in [2.05, 4.69) is 10.1 Å². The molecule has 0 radical (unpaired) electrons. The van der Waals surface area contributed by atoms with Crippen molar-refractivity contribution < 1.29 is 9.26 Å². The molecule has 3 aliphatic rings. The molecule has 4 rings (SSSR count). The minimum absolute atomic E-state index is 0. The Morgan fingerprint density at radius 3 is 2.53 bits per heavy atom. The first kappa shape index (κ1) is 14.9. The van der Waals surface area contributed by atoms with Gasteiger partial charge in [-0.3, -0.25) is 4.90 Å². The van der Waals surface area contributed by atoms with E-state index in [9.17, 15) is 0 Å². The Hall–Kier alpha value is -0.450. The predicted molar refractivity (Wildman–Crippen MR) is 76.4 cm³/mol. The lowest BCUT2D eigenvalue weighted by atomic mass is 9.86. The molecule has 4 nitrogen and oxygen atoms in total. The number of fused-ring (bicyclic) bond motifs is 3. The summed E-state index contributed by atoms with van der Waals surface area (Å²) in [5, 5.41) is 4.51. The van der Waals surface area contributed by atoms with E-state index in [1.165, 1.54) is 25.9 Å². The number of rotatable bonds is 3. The molecule has 1 atom stereocenters. The minimum atomic E-state index is 0. The molecule has 3 fully saturated rings. The first-order valence-corrected chi connectivity index (χ1v) is 7.07. The molecule has 1 unspecified atom stereocenters. The van der Waals surface area contributed by atoms with Crippen molar-refractivity contribution >= 4 is 24.0 Å². The fourth-order valence-electron chi connectivity index (χ4n) is 2.90. The molecule has 0 N–H and O–H groups in total. The zero-order valence-electron chi connectivity index (χ0n) is 11.3. The second kappa shape index (κ2) is 5.90. The first-order valence-electron chi connectivity index (χ1n) is 6.69. The second-order valence-corrected chi connectivity index (χ2v) is 5.99. The second-order valence-electron chi connectivity index (χ2n) is 5.62. The Labute approximate surface area is 124 Å². The molecule has 2 bridgehead atoms. The summed E-state index contributed by atoms with van der Waals surface area (Å²) >= 11 is 6.25. The van der Waals surface area contributed by atoms with E-state index < -0.39 is 0 Å². The third-order valence-electron chi connectivity index (χ3n) is 4.01. The van der Waals surface area contributed by atoms with Crippen molar-refractivity contribution in [1.82, 2.24) is 10.1 Å². The van der Waals surface area contributed by atoms with Gasteiger partial charge in [0.1, 0.15) is 11.1 Å². The molecule has 108 valence electrons. The molecule has 0 spiro atoms. The smallest absolute Gasteiger partial charge is 0.273 e. The summed E-state index contributed by atoms with van der Waals surface area (Å²) < 4.78 is 11.2.